The normalized spacial score (nSPS) is 12.4. The Balaban J connectivity index is 2.49. The molecule has 2 rings (SSSR count). The van der Waals surface area contributed by atoms with Gasteiger partial charge in [0.05, 0.1) is 19.0 Å². The summed E-state index contributed by atoms with van der Waals surface area (Å²) in [7, 11) is 1.39. The Bertz CT molecular complexity index is 596. The number of nitrogens with two attached hydrogens (primary N) is 1. The summed E-state index contributed by atoms with van der Waals surface area (Å²) >= 11 is 0. The smallest absolute Gasteiger partial charge is 0.306 e. The van der Waals surface area contributed by atoms with Gasteiger partial charge in [0, 0.05) is 17.0 Å². The topological polar surface area (TPSA) is 65.2 Å². The second-order valence-electron chi connectivity index (χ2n) is 4.58. The van der Waals surface area contributed by atoms with E-state index in [2.05, 4.69) is 4.98 Å². The molecule has 0 fully saturated rings. The average Bonchev–Trinajstić information content (AvgIpc) is 2.43. The molecule has 0 bridgehead atoms. The van der Waals surface area contributed by atoms with Crippen molar-refractivity contribution in [3.63, 3.8) is 0 Å². The third kappa shape index (κ3) is 2.90. The number of methoxy groups -OCH3 is 1. The maximum atomic E-state index is 11.5. The molecule has 1 aromatic carbocycles. The maximum Gasteiger partial charge on any atom is 0.306 e. The van der Waals surface area contributed by atoms with Crippen molar-refractivity contribution in [3.05, 3.63) is 41.6 Å². The number of rotatable bonds is 4. The molecule has 2 N–H and O–H groups in total. The van der Waals surface area contributed by atoms with E-state index in [4.69, 9.17) is 10.5 Å². The first-order valence-corrected chi connectivity index (χ1v) is 6.29. The Morgan fingerprint density at radius 1 is 1.42 bits per heavy atom. The second-order valence-corrected chi connectivity index (χ2v) is 4.58. The lowest BCUT2D eigenvalue weighted by Crippen LogP contribution is -2.18. The van der Waals surface area contributed by atoms with Crippen LogP contribution in [-0.4, -0.2) is 24.6 Å². The van der Waals surface area contributed by atoms with Crippen molar-refractivity contribution in [1.29, 1.82) is 0 Å². The predicted octanol–water partition coefficient (Wildman–Crippen LogP) is 2.15. The summed E-state index contributed by atoms with van der Waals surface area (Å²) in [6.45, 7) is 2.35. The number of aryl methyl sites for hydroxylation is 1. The lowest BCUT2D eigenvalue weighted by atomic mass is 9.92. The number of carbonyl (C=O) groups is 1. The quantitative estimate of drug-likeness (QED) is 0.853. The third-order valence-corrected chi connectivity index (χ3v) is 3.24. The van der Waals surface area contributed by atoms with Gasteiger partial charge in [0.25, 0.3) is 0 Å². The van der Waals surface area contributed by atoms with Gasteiger partial charge in [-0.05, 0) is 31.2 Å². The van der Waals surface area contributed by atoms with Gasteiger partial charge in [-0.25, -0.2) is 0 Å². The van der Waals surface area contributed by atoms with Crippen LogP contribution < -0.4 is 5.73 Å². The van der Waals surface area contributed by atoms with E-state index in [0.717, 1.165) is 22.2 Å². The number of nitrogens with zero attached hydrogens (tertiary/aromatic N) is 1. The molecular formula is C15H18N2O2. The summed E-state index contributed by atoms with van der Waals surface area (Å²) in [6.07, 6.45) is 0.292. The summed E-state index contributed by atoms with van der Waals surface area (Å²) in [5, 5.41) is 1.05. The molecule has 1 atom stereocenters. The molecular weight excluding hydrogens is 240 g/mol. The molecule has 100 valence electrons. The van der Waals surface area contributed by atoms with Crippen molar-refractivity contribution in [2.45, 2.75) is 19.3 Å². The molecule has 1 heterocycles. The summed E-state index contributed by atoms with van der Waals surface area (Å²) in [5.41, 5.74) is 8.75. The number of hydrogen-bond acceptors (Lipinski definition) is 4. The standard InChI is InChI=1S/C15H18N2O2/c1-10-7-13(11(9-16)8-15(18)19-2)12-5-3-4-6-14(12)17-10/h3-7,11H,8-9,16H2,1-2H3. The first kappa shape index (κ1) is 13.5. The highest BCUT2D eigenvalue weighted by molar-refractivity contribution is 5.83. The number of fused-ring (bicyclic) bond motifs is 1. The highest BCUT2D eigenvalue weighted by atomic mass is 16.5. The zero-order chi connectivity index (χ0) is 13.8. The van der Waals surface area contributed by atoms with Gasteiger partial charge in [0.1, 0.15) is 0 Å². The molecule has 0 radical (unpaired) electrons. The first-order valence-electron chi connectivity index (χ1n) is 6.29. The van der Waals surface area contributed by atoms with Crippen LogP contribution in [0.5, 0.6) is 0 Å². The van der Waals surface area contributed by atoms with Crippen LogP contribution in [0, 0.1) is 6.92 Å². The number of esters is 1. The van der Waals surface area contributed by atoms with Crippen LogP contribution in [0.4, 0.5) is 0 Å². The van der Waals surface area contributed by atoms with E-state index in [0.29, 0.717) is 13.0 Å². The fraction of sp³-hybridized carbons (Fsp3) is 0.333. The summed E-state index contributed by atoms with van der Waals surface area (Å²) < 4.78 is 4.74. The van der Waals surface area contributed by atoms with Crippen molar-refractivity contribution >= 4 is 16.9 Å². The Kier molecular flexibility index (Phi) is 4.12. The number of pyridine rings is 1. The molecule has 0 spiro atoms. The van der Waals surface area contributed by atoms with E-state index in [1.54, 1.807) is 0 Å². The highest BCUT2D eigenvalue weighted by Gasteiger charge is 2.18. The lowest BCUT2D eigenvalue weighted by molar-refractivity contribution is -0.141. The zero-order valence-corrected chi connectivity index (χ0v) is 11.2. The molecule has 0 aliphatic rings. The van der Waals surface area contributed by atoms with E-state index < -0.39 is 0 Å². The van der Waals surface area contributed by atoms with Gasteiger partial charge in [-0.3, -0.25) is 9.78 Å². The first-order chi connectivity index (χ1) is 9.15. The molecule has 0 amide bonds. The largest absolute Gasteiger partial charge is 0.469 e. The van der Waals surface area contributed by atoms with Crippen LogP contribution in [0.15, 0.2) is 30.3 Å². The van der Waals surface area contributed by atoms with Crippen molar-refractivity contribution in [1.82, 2.24) is 4.98 Å². The van der Waals surface area contributed by atoms with Crippen molar-refractivity contribution in [2.24, 2.45) is 5.73 Å². The Morgan fingerprint density at radius 2 is 2.16 bits per heavy atom. The number of aromatic nitrogens is 1. The molecule has 0 aliphatic carbocycles. The van der Waals surface area contributed by atoms with Crippen LogP contribution in [0.1, 0.15) is 23.6 Å². The van der Waals surface area contributed by atoms with Crippen molar-refractivity contribution < 1.29 is 9.53 Å². The van der Waals surface area contributed by atoms with Crippen molar-refractivity contribution in [2.75, 3.05) is 13.7 Å². The minimum absolute atomic E-state index is 0.0425. The van der Waals surface area contributed by atoms with E-state index in [1.165, 1.54) is 7.11 Å². The van der Waals surface area contributed by atoms with Crippen molar-refractivity contribution in [3.8, 4) is 0 Å². The Hall–Kier alpha value is -1.94. The van der Waals surface area contributed by atoms with Gasteiger partial charge < -0.3 is 10.5 Å². The summed E-state index contributed by atoms with van der Waals surface area (Å²) in [6, 6.07) is 9.91. The molecule has 0 saturated heterocycles. The van der Waals surface area contributed by atoms with Gasteiger partial charge in [-0.15, -0.1) is 0 Å². The minimum atomic E-state index is -0.242. The number of para-hydroxylation sites is 1. The molecule has 2 aromatic rings. The van der Waals surface area contributed by atoms with E-state index >= 15 is 0 Å². The van der Waals surface area contributed by atoms with Crippen LogP contribution in [-0.2, 0) is 9.53 Å². The van der Waals surface area contributed by atoms with E-state index in [1.807, 2.05) is 37.3 Å². The summed E-state index contributed by atoms with van der Waals surface area (Å²) in [5.74, 6) is -0.284. The molecule has 0 aliphatic heterocycles. The van der Waals surface area contributed by atoms with E-state index in [9.17, 15) is 4.79 Å². The average molecular weight is 258 g/mol. The van der Waals surface area contributed by atoms with Gasteiger partial charge >= 0.3 is 5.97 Å². The Labute approximate surface area is 112 Å². The maximum absolute atomic E-state index is 11.5. The Morgan fingerprint density at radius 3 is 2.84 bits per heavy atom. The summed E-state index contributed by atoms with van der Waals surface area (Å²) in [4.78, 5) is 16.0. The van der Waals surface area contributed by atoms with Gasteiger partial charge in [0.15, 0.2) is 0 Å². The van der Waals surface area contributed by atoms with Crippen LogP contribution >= 0.6 is 0 Å². The third-order valence-electron chi connectivity index (χ3n) is 3.24. The van der Waals surface area contributed by atoms with Gasteiger partial charge in [-0.1, -0.05) is 18.2 Å². The van der Waals surface area contributed by atoms with Crippen LogP contribution in [0.3, 0.4) is 0 Å². The van der Waals surface area contributed by atoms with Crippen LogP contribution in [0.2, 0.25) is 0 Å². The number of benzene rings is 1. The predicted molar refractivity (Wildman–Crippen MR) is 74.9 cm³/mol. The van der Waals surface area contributed by atoms with Gasteiger partial charge in [-0.2, -0.15) is 0 Å². The lowest BCUT2D eigenvalue weighted by Gasteiger charge is -2.17. The molecule has 0 saturated carbocycles. The van der Waals surface area contributed by atoms with Crippen LogP contribution in [0.25, 0.3) is 10.9 Å². The van der Waals surface area contributed by atoms with Gasteiger partial charge in [0.2, 0.25) is 0 Å². The van der Waals surface area contributed by atoms with E-state index in [-0.39, 0.29) is 11.9 Å². The molecule has 1 aromatic heterocycles. The number of carbonyl (C=O) groups excluding carboxylic acids is 1. The molecule has 4 nitrogen and oxygen atoms in total. The number of ether oxygens (including phenoxy) is 1. The monoisotopic (exact) mass is 258 g/mol. The SMILES string of the molecule is COC(=O)CC(CN)c1cc(C)nc2ccccc12. The molecule has 1 unspecified atom stereocenters. The fourth-order valence-electron chi connectivity index (χ4n) is 2.28. The number of hydrogen-bond donors (Lipinski definition) is 1. The fourth-order valence-corrected chi connectivity index (χ4v) is 2.28. The molecule has 19 heavy (non-hydrogen) atoms. The molecule has 4 heteroatoms. The second kappa shape index (κ2) is 5.80. The highest BCUT2D eigenvalue weighted by Crippen LogP contribution is 2.27. The minimum Gasteiger partial charge on any atom is -0.469 e. The zero-order valence-electron chi connectivity index (χ0n) is 11.2.